The molecule has 0 spiro atoms. The highest BCUT2D eigenvalue weighted by molar-refractivity contribution is 7.80. The van der Waals surface area contributed by atoms with Gasteiger partial charge >= 0.3 is 0 Å². The first kappa shape index (κ1) is 24.1. The maximum absolute atomic E-state index is 5.58. The Morgan fingerprint density at radius 2 is 1.43 bits per heavy atom. The van der Waals surface area contributed by atoms with E-state index in [-0.39, 0.29) is 0 Å². The Morgan fingerprint density at radius 1 is 0.857 bits per heavy atom. The number of thiocarbonyl (C=S) groups is 1. The number of ether oxygens (including phenoxy) is 1. The van der Waals surface area contributed by atoms with Gasteiger partial charge in [0.15, 0.2) is 5.11 Å². The minimum atomic E-state index is 0.781. The molecule has 2 aromatic carbocycles. The van der Waals surface area contributed by atoms with Gasteiger partial charge in [-0.25, -0.2) is 0 Å². The van der Waals surface area contributed by atoms with E-state index in [1.165, 1.54) is 12.0 Å². The highest BCUT2D eigenvalue weighted by Gasteiger charge is 2.12. The number of rotatable bonds is 10. The molecule has 2 aromatic rings. The predicted octanol–water partition coefficient (Wildman–Crippen LogP) is 6.19. The molecule has 3 nitrogen and oxygen atoms in total. The van der Waals surface area contributed by atoms with Crippen LogP contribution in [0.5, 0.6) is 0 Å². The van der Waals surface area contributed by atoms with Gasteiger partial charge in [-0.1, -0.05) is 75.7 Å². The van der Waals surface area contributed by atoms with E-state index in [2.05, 4.69) is 67.4 Å². The van der Waals surface area contributed by atoms with Crippen molar-refractivity contribution in [2.24, 2.45) is 0 Å². The molecular weight excluding hydrogens is 364 g/mol. The molecule has 0 saturated carbocycles. The second-order valence-electron chi connectivity index (χ2n) is 6.61. The van der Waals surface area contributed by atoms with Crippen LogP contribution in [0.25, 0.3) is 0 Å². The first-order valence-corrected chi connectivity index (χ1v) is 10.9. The zero-order valence-electron chi connectivity index (χ0n) is 17.7. The van der Waals surface area contributed by atoms with Gasteiger partial charge in [-0.05, 0) is 49.2 Å². The molecule has 4 heteroatoms. The normalized spacial score (nSPS) is 9.96. The van der Waals surface area contributed by atoms with Gasteiger partial charge in [-0.3, -0.25) is 0 Å². The average Bonchev–Trinajstić information content (AvgIpc) is 2.74. The molecule has 154 valence electrons. The van der Waals surface area contributed by atoms with Gasteiger partial charge in [0.2, 0.25) is 0 Å². The van der Waals surface area contributed by atoms with E-state index in [1.807, 2.05) is 24.3 Å². The zero-order chi connectivity index (χ0) is 20.5. The summed E-state index contributed by atoms with van der Waals surface area (Å²) >= 11 is 5.58. The molecule has 0 unspecified atom stereocenters. The van der Waals surface area contributed by atoms with E-state index in [1.54, 1.807) is 0 Å². The van der Waals surface area contributed by atoms with E-state index in [9.17, 15) is 0 Å². The van der Waals surface area contributed by atoms with Crippen LogP contribution in [0.2, 0.25) is 0 Å². The van der Waals surface area contributed by atoms with Gasteiger partial charge in [0, 0.05) is 25.4 Å². The highest BCUT2D eigenvalue weighted by atomic mass is 32.1. The number of hydrogen-bond acceptors (Lipinski definition) is 2. The summed E-state index contributed by atoms with van der Waals surface area (Å²) in [6.45, 7) is 9.98. The maximum Gasteiger partial charge on any atom is 0.173 e. The number of para-hydroxylation sites is 1. The second-order valence-corrected chi connectivity index (χ2v) is 6.99. The topological polar surface area (TPSA) is 24.5 Å². The lowest BCUT2D eigenvalue weighted by atomic mass is 10.2. The quantitative estimate of drug-likeness (QED) is 0.379. The number of nitrogens with zero attached hydrogens (tertiary/aromatic N) is 1. The van der Waals surface area contributed by atoms with Crippen molar-refractivity contribution in [3.05, 3.63) is 66.2 Å². The van der Waals surface area contributed by atoms with Crippen molar-refractivity contribution in [3.63, 3.8) is 0 Å². The third-order valence-electron chi connectivity index (χ3n) is 4.00. The van der Waals surface area contributed by atoms with E-state index < -0.39 is 0 Å². The number of hydrogen-bond donors (Lipinski definition) is 1. The van der Waals surface area contributed by atoms with Gasteiger partial charge in [-0.2, -0.15) is 0 Å². The Hall–Kier alpha value is -1.91. The molecule has 0 aliphatic carbocycles. The zero-order valence-corrected chi connectivity index (χ0v) is 18.5. The van der Waals surface area contributed by atoms with Crippen LogP contribution in [0, 0.1) is 0 Å². The van der Waals surface area contributed by atoms with Crippen molar-refractivity contribution in [3.8, 4) is 0 Å². The molecule has 28 heavy (non-hydrogen) atoms. The highest BCUT2D eigenvalue weighted by Crippen LogP contribution is 2.17. The van der Waals surface area contributed by atoms with Crippen LogP contribution in [-0.2, 0) is 11.3 Å². The van der Waals surface area contributed by atoms with Crippen LogP contribution in [0.15, 0.2) is 60.7 Å². The van der Waals surface area contributed by atoms with Gasteiger partial charge in [0.25, 0.3) is 0 Å². The Balaban J connectivity index is 0.000000480. The van der Waals surface area contributed by atoms with Crippen molar-refractivity contribution >= 4 is 23.0 Å². The third-order valence-corrected chi connectivity index (χ3v) is 4.36. The summed E-state index contributed by atoms with van der Waals surface area (Å²) in [5.74, 6) is 0. The molecule has 0 aliphatic rings. The maximum atomic E-state index is 5.58. The SMILES string of the molecule is CCCCNC(=S)N(Cc1ccccc1)c1ccccc1.CCCOCCC. The molecule has 0 heterocycles. The van der Waals surface area contributed by atoms with E-state index >= 15 is 0 Å². The number of nitrogens with one attached hydrogen (secondary N) is 1. The number of unbranched alkanes of at least 4 members (excludes halogenated alkanes) is 1. The van der Waals surface area contributed by atoms with Crippen molar-refractivity contribution in [1.82, 2.24) is 5.32 Å². The molecule has 2 rings (SSSR count). The molecule has 0 aromatic heterocycles. The van der Waals surface area contributed by atoms with Crippen LogP contribution in [0.3, 0.4) is 0 Å². The van der Waals surface area contributed by atoms with Crippen molar-refractivity contribution in [1.29, 1.82) is 0 Å². The molecule has 0 aliphatic heterocycles. The Bertz CT molecular complexity index is 615. The Morgan fingerprint density at radius 3 is 1.96 bits per heavy atom. The van der Waals surface area contributed by atoms with Crippen molar-refractivity contribution in [2.75, 3.05) is 24.7 Å². The van der Waals surface area contributed by atoms with Crippen LogP contribution in [-0.4, -0.2) is 24.9 Å². The lowest BCUT2D eigenvalue weighted by Gasteiger charge is -2.26. The van der Waals surface area contributed by atoms with Gasteiger partial charge in [-0.15, -0.1) is 0 Å². The molecule has 0 atom stereocenters. The molecule has 1 N–H and O–H groups in total. The second kappa shape index (κ2) is 16.1. The Kier molecular flexibility index (Phi) is 13.9. The summed E-state index contributed by atoms with van der Waals surface area (Å²) in [5, 5.41) is 4.15. The van der Waals surface area contributed by atoms with Crippen molar-refractivity contribution in [2.45, 2.75) is 53.0 Å². The minimum Gasteiger partial charge on any atom is -0.381 e. The van der Waals surface area contributed by atoms with Crippen LogP contribution in [0.1, 0.15) is 52.0 Å². The monoisotopic (exact) mass is 400 g/mol. The number of benzene rings is 2. The fourth-order valence-corrected chi connectivity index (χ4v) is 2.78. The fraction of sp³-hybridized carbons (Fsp3) is 0.458. The smallest absolute Gasteiger partial charge is 0.173 e. The summed E-state index contributed by atoms with van der Waals surface area (Å²) in [4.78, 5) is 2.15. The molecular formula is C24H36N2OS. The molecule has 0 radical (unpaired) electrons. The van der Waals surface area contributed by atoms with E-state index in [0.29, 0.717) is 0 Å². The largest absolute Gasteiger partial charge is 0.381 e. The molecule has 0 bridgehead atoms. The summed E-state index contributed by atoms with van der Waals surface area (Å²) in [7, 11) is 0. The molecule has 0 amide bonds. The average molecular weight is 401 g/mol. The van der Waals surface area contributed by atoms with Gasteiger partial charge < -0.3 is 15.0 Å². The lowest BCUT2D eigenvalue weighted by molar-refractivity contribution is 0.135. The van der Waals surface area contributed by atoms with Gasteiger partial charge in [0.05, 0.1) is 6.54 Å². The minimum absolute atomic E-state index is 0.781. The first-order valence-electron chi connectivity index (χ1n) is 10.4. The van der Waals surface area contributed by atoms with Crippen LogP contribution in [0.4, 0.5) is 5.69 Å². The van der Waals surface area contributed by atoms with Gasteiger partial charge in [0.1, 0.15) is 0 Å². The predicted molar refractivity (Wildman–Crippen MR) is 126 cm³/mol. The Labute approximate surface area is 177 Å². The van der Waals surface area contributed by atoms with Crippen LogP contribution >= 0.6 is 12.2 Å². The summed E-state index contributed by atoms with van der Waals surface area (Å²) in [6, 6.07) is 20.7. The third kappa shape index (κ3) is 10.4. The number of anilines is 1. The lowest BCUT2D eigenvalue weighted by Crippen LogP contribution is -2.39. The van der Waals surface area contributed by atoms with E-state index in [4.69, 9.17) is 17.0 Å². The summed E-state index contributed by atoms with van der Waals surface area (Å²) in [6.07, 6.45) is 4.58. The summed E-state index contributed by atoms with van der Waals surface area (Å²) < 4.78 is 5.13. The fourth-order valence-electron chi connectivity index (χ4n) is 2.51. The first-order chi connectivity index (χ1) is 13.7. The van der Waals surface area contributed by atoms with Crippen molar-refractivity contribution < 1.29 is 4.74 Å². The molecule has 0 saturated heterocycles. The van der Waals surface area contributed by atoms with E-state index in [0.717, 1.165) is 56.4 Å². The standard InChI is InChI=1S/C18H22N2S.C6H14O/c1-2-3-14-19-18(21)20(17-12-8-5-9-13-17)15-16-10-6-4-7-11-16;1-3-5-7-6-4-2/h4-13H,2-3,14-15H2,1H3,(H,19,21);3-6H2,1-2H3. The molecule has 0 fully saturated rings. The summed E-state index contributed by atoms with van der Waals surface area (Å²) in [5.41, 5.74) is 2.37. The van der Waals surface area contributed by atoms with Crippen LogP contribution < -0.4 is 10.2 Å².